The molecule has 0 aliphatic carbocycles. The van der Waals surface area contributed by atoms with Crippen LogP contribution in [0.5, 0.6) is 0 Å². The summed E-state index contributed by atoms with van der Waals surface area (Å²) in [5, 5.41) is 11.3. The van der Waals surface area contributed by atoms with Gasteiger partial charge in [-0.25, -0.2) is 18.0 Å². The quantitative estimate of drug-likeness (QED) is 0.701. The van der Waals surface area contributed by atoms with Crippen molar-refractivity contribution in [2.24, 2.45) is 0 Å². The fraction of sp³-hybridized carbons (Fsp3) is 0.800. The minimum absolute atomic E-state index is 0.232. The number of carboxylic acid groups (broad SMARTS) is 1. The van der Waals surface area contributed by atoms with E-state index in [1.54, 1.807) is 6.92 Å². The zero-order valence-corrected chi connectivity index (χ0v) is 11.8. The fourth-order valence-corrected chi connectivity index (χ4v) is 2.63. The normalized spacial score (nSPS) is 18.9. The molecule has 19 heavy (non-hydrogen) atoms. The molecule has 8 nitrogen and oxygen atoms in total. The second kappa shape index (κ2) is 6.20. The molecule has 1 unspecified atom stereocenters. The number of hydrogen-bond donors (Lipinski definition) is 2. The van der Waals surface area contributed by atoms with Crippen molar-refractivity contribution >= 4 is 22.0 Å². The van der Waals surface area contributed by atoms with Gasteiger partial charge in [0, 0.05) is 26.2 Å². The van der Waals surface area contributed by atoms with Crippen LogP contribution in [0.25, 0.3) is 0 Å². The molecule has 0 radical (unpaired) electrons. The van der Waals surface area contributed by atoms with Gasteiger partial charge in [0.05, 0.1) is 6.26 Å². The van der Waals surface area contributed by atoms with E-state index in [1.165, 1.54) is 9.21 Å². The number of carbonyl (C=O) groups excluding carboxylic acids is 1. The van der Waals surface area contributed by atoms with Crippen LogP contribution >= 0.6 is 0 Å². The molecule has 1 rings (SSSR count). The Hall–Kier alpha value is -1.35. The van der Waals surface area contributed by atoms with Gasteiger partial charge in [-0.2, -0.15) is 4.31 Å². The number of hydrogen-bond acceptors (Lipinski definition) is 4. The second-order valence-corrected chi connectivity index (χ2v) is 6.38. The average Bonchev–Trinajstić information content (AvgIpc) is 2.34. The van der Waals surface area contributed by atoms with Gasteiger partial charge < -0.3 is 15.3 Å². The van der Waals surface area contributed by atoms with Gasteiger partial charge in [-0.05, 0) is 6.42 Å². The Morgan fingerprint density at radius 3 is 2.16 bits per heavy atom. The molecule has 0 aromatic heterocycles. The Bertz CT molecular complexity index is 442. The number of rotatable bonds is 4. The maximum absolute atomic E-state index is 11.8. The van der Waals surface area contributed by atoms with Gasteiger partial charge in [-0.1, -0.05) is 6.92 Å². The van der Waals surface area contributed by atoms with E-state index < -0.39 is 28.1 Å². The van der Waals surface area contributed by atoms with Crippen molar-refractivity contribution in [2.45, 2.75) is 19.4 Å². The van der Waals surface area contributed by atoms with Crippen LogP contribution in [-0.2, 0) is 14.8 Å². The second-order valence-electron chi connectivity index (χ2n) is 4.40. The molecule has 0 aromatic carbocycles. The Labute approximate surface area is 112 Å². The Morgan fingerprint density at radius 2 is 1.79 bits per heavy atom. The number of nitrogens with zero attached hydrogens (tertiary/aromatic N) is 2. The molecule has 1 fully saturated rings. The van der Waals surface area contributed by atoms with E-state index in [0.29, 0.717) is 6.42 Å². The molecule has 1 aliphatic heterocycles. The molecule has 1 heterocycles. The maximum atomic E-state index is 11.8. The summed E-state index contributed by atoms with van der Waals surface area (Å²) in [4.78, 5) is 24.0. The lowest BCUT2D eigenvalue weighted by Crippen LogP contribution is -2.55. The summed E-state index contributed by atoms with van der Waals surface area (Å²) < 4.78 is 23.9. The number of nitrogens with one attached hydrogen (secondary N) is 1. The molecule has 1 atom stereocenters. The standard InChI is InChI=1S/C10H19N3O5S/c1-3-8(9(14)15)11-10(16)12-4-6-13(7-5-12)19(2,17)18/h8H,3-7H2,1-2H3,(H,11,16)(H,14,15). The van der Waals surface area contributed by atoms with Gasteiger partial charge in [0.25, 0.3) is 0 Å². The van der Waals surface area contributed by atoms with E-state index in [1.807, 2.05) is 0 Å². The predicted molar refractivity (Wildman–Crippen MR) is 68.2 cm³/mol. The highest BCUT2D eigenvalue weighted by molar-refractivity contribution is 7.88. The summed E-state index contributed by atoms with van der Waals surface area (Å²) in [6.45, 7) is 2.65. The van der Waals surface area contributed by atoms with Crippen molar-refractivity contribution in [2.75, 3.05) is 32.4 Å². The molecule has 1 saturated heterocycles. The van der Waals surface area contributed by atoms with Crippen molar-refractivity contribution in [1.82, 2.24) is 14.5 Å². The molecular formula is C10H19N3O5S. The Balaban J connectivity index is 2.51. The van der Waals surface area contributed by atoms with Crippen LogP contribution in [0.3, 0.4) is 0 Å². The van der Waals surface area contributed by atoms with Gasteiger partial charge in [0.2, 0.25) is 10.0 Å². The van der Waals surface area contributed by atoms with Crippen LogP contribution in [0.1, 0.15) is 13.3 Å². The van der Waals surface area contributed by atoms with Crippen LogP contribution < -0.4 is 5.32 Å². The third kappa shape index (κ3) is 4.35. The summed E-state index contributed by atoms with van der Waals surface area (Å²) in [7, 11) is -3.24. The molecule has 0 aromatic rings. The zero-order valence-electron chi connectivity index (χ0n) is 11.0. The first-order valence-corrected chi connectivity index (χ1v) is 7.84. The van der Waals surface area contributed by atoms with Crippen LogP contribution in [0.4, 0.5) is 4.79 Å². The number of carboxylic acids is 1. The number of aliphatic carboxylic acids is 1. The van der Waals surface area contributed by atoms with Crippen LogP contribution in [0, 0.1) is 0 Å². The Kier molecular flexibility index (Phi) is 5.12. The van der Waals surface area contributed by atoms with Crippen molar-refractivity contribution in [1.29, 1.82) is 0 Å². The summed E-state index contributed by atoms with van der Waals surface area (Å²) in [6.07, 6.45) is 1.42. The van der Waals surface area contributed by atoms with Crippen molar-refractivity contribution in [3.63, 3.8) is 0 Å². The van der Waals surface area contributed by atoms with Crippen molar-refractivity contribution in [3.05, 3.63) is 0 Å². The fourth-order valence-electron chi connectivity index (χ4n) is 1.80. The molecule has 2 amide bonds. The SMILES string of the molecule is CCC(NC(=O)N1CCN(S(C)(=O)=O)CC1)C(=O)O. The van der Waals surface area contributed by atoms with E-state index in [4.69, 9.17) is 5.11 Å². The number of carbonyl (C=O) groups is 2. The van der Waals surface area contributed by atoms with E-state index in [0.717, 1.165) is 6.26 Å². The lowest BCUT2D eigenvalue weighted by molar-refractivity contribution is -0.139. The number of piperazine rings is 1. The maximum Gasteiger partial charge on any atom is 0.326 e. The van der Waals surface area contributed by atoms with Gasteiger partial charge in [-0.15, -0.1) is 0 Å². The van der Waals surface area contributed by atoms with Gasteiger partial charge in [0.15, 0.2) is 0 Å². The number of amides is 2. The highest BCUT2D eigenvalue weighted by Gasteiger charge is 2.27. The van der Waals surface area contributed by atoms with Crippen LogP contribution in [0.15, 0.2) is 0 Å². The average molecular weight is 293 g/mol. The molecule has 0 bridgehead atoms. The van der Waals surface area contributed by atoms with Crippen LogP contribution in [0.2, 0.25) is 0 Å². The van der Waals surface area contributed by atoms with E-state index in [-0.39, 0.29) is 26.2 Å². The molecule has 110 valence electrons. The van der Waals surface area contributed by atoms with Crippen LogP contribution in [-0.4, -0.2) is 73.2 Å². The summed E-state index contributed by atoms with van der Waals surface area (Å²) in [5.41, 5.74) is 0. The molecule has 0 saturated carbocycles. The summed E-state index contributed by atoms with van der Waals surface area (Å²) >= 11 is 0. The third-order valence-electron chi connectivity index (χ3n) is 3.00. The van der Waals surface area contributed by atoms with E-state index >= 15 is 0 Å². The monoisotopic (exact) mass is 293 g/mol. The Morgan fingerprint density at radius 1 is 1.26 bits per heavy atom. The summed E-state index contributed by atoms with van der Waals surface area (Å²) in [6, 6.07) is -1.39. The zero-order chi connectivity index (χ0) is 14.6. The molecule has 1 aliphatic rings. The molecule has 0 spiro atoms. The molecular weight excluding hydrogens is 274 g/mol. The molecule has 9 heteroatoms. The lowest BCUT2D eigenvalue weighted by Gasteiger charge is -2.33. The van der Waals surface area contributed by atoms with Gasteiger partial charge in [-0.3, -0.25) is 0 Å². The minimum atomic E-state index is -3.24. The first-order chi connectivity index (χ1) is 8.75. The first kappa shape index (κ1) is 15.7. The lowest BCUT2D eigenvalue weighted by atomic mass is 10.2. The third-order valence-corrected chi connectivity index (χ3v) is 4.30. The van der Waals surface area contributed by atoms with Crippen molar-refractivity contribution in [3.8, 4) is 0 Å². The number of sulfonamides is 1. The number of urea groups is 1. The molecule has 2 N–H and O–H groups in total. The van der Waals surface area contributed by atoms with E-state index in [2.05, 4.69) is 5.32 Å². The summed E-state index contributed by atoms with van der Waals surface area (Å²) in [5.74, 6) is -1.08. The van der Waals surface area contributed by atoms with Gasteiger partial charge in [0.1, 0.15) is 6.04 Å². The first-order valence-electron chi connectivity index (χ1n) is 5.99. The van der Waals surface area contributed by atoms with E-state index in [9.17, 15) is 18.0 Å². The predicted octanol–water partition coefficient (Wildman–Crippen LogP) is -0.864. The highest BCUT2D eigenvalue weighted by Crippen LogP contribution is 2.06. The highest BCUT2D eigenvalue weighted by atomic mass is 32.2. The topological polar surface area (TPSA) is 107 Å². The largest absolute Gasteiger partial charge is 0.480 e. The smallest absolute Gasteiger partial charge is 0.326 e. The minimum Gasteiger partial charge on any atom is -0.480 e. The van der Waals surface area contributed by atoms with Crippen molar-refractivity contribution < 1.29 is 23.1 Å². The van der Waals surface area contributed by atoms with Gasteiger partial charge >= 0.3 is 12.0 Å².